The third-order valence-corrected chi connectivity index (χ3v) is 6.38. The number of fused-ring (bicyclic) bond motifs is 1. The van der Waals surface area contributed by atoms with Crippen molar-refractivity contribution in [2.45, 2.75) is 25.3 Å². The molecule has 0 saturated carbocycles. The first-order valence-corrected chi connectivity index (χ1v) is 12.5. The van der Waals surface area contributed by atoms with Crippen molar-refractivity contribution >= 4 is 23.2 Å². The number of rotatable bonds is 7. The number of carbonyl (C=O) groups is 1. The monoisotopic (exact) mass is 558 g/mol. The zero-order valence-electron chi connectivity index (χ0n) is 21.2. The van der Waals surface area contributed by atoms with Crippen LogP contribution in [0, 0.1) is 0 Å². The molecule has 12 heteroatoms. The van der Waals surface area contributed by atoms with Gasteiger partial charge in [-0.1, -0.05) is 59.7 Å². The lowest BCUT2D eigenvalue weighted by Crippen LogP contribution is -2.29. The standard InChI is InChI=1S/C29H21F3N6O3/c30-29(31,32)19-14-22(33-16-20-10-6-12-40-20)25(34-15-19)27-37-38-28(41-27)36-26-23(39)13-18-9-4-5-11-21(18)24(35-26)17-7-2-1-3-8-17/h1-12,14-15,26,33H,13,16H2,(H,36,38)/t26-/m1/s1. The predicted molar refractivity (Wildman–Crippen MR) is 143 cm³/mol. The molecule has 3 aromatic heterocycles. The molecule has 0 spiro atoms. The van der Waals surface area contributed by atoms with Gasteiger partial charge in [-0.2, -0.15) is 13.2 Å². The maximum Gasteiger partial charge on any atom is 0.417 e. The fourth-order valence-electron chi connectivity index (χ4n) is 4.41. The average molecular weight is 559 g/mol. The molecular formula is C29H21F3N6O3. The fourth-order valence-corrected chi connectivity index (χ4v) is 4.41. The van der Waals surface area contributed by atoms with E-state index in [1.807, 2.05) is 54.6 Å². The van der Waals surface area contributed by atoms with Crippen LogP contribution in [0.4, 0.5) is 24.9 Å². The van der Waals surface area contributed by atoms with Crippen molar-refractivity contribution in [3.63, 3.8) is 0 Å². The number of anilines is 2. The van der Waals surface area contributed by atoms with Gasteiger partial charge in [0, 0.05) is 23.7 Å². The van der Waals surface area contributed by atoms with Crippen molar-refractivity contribution in [2.75, 3.05) is 10.6 Å². The second-order valence-corrected chi connectivity index (χ2v) is 9.15. The van der Waals surface area contributed by atoms with Crippen molar-refractivity contribution in [1.29, 1.82) is 0 Å². The van der Waals surface area contributed by atoms with Crippen molar-refractivity contribution in [3.8, 4) is 11.6 Å². The number of aromatic nitrogens is 3. The number of furan rings is 1. The topological polar surface area (TPSA) is 118 Å². The summed E-state index contributed by atoms with van der Waals surface area (Å²) in [5, 5.41) is 13.7. The molecule has 206 valence electrons. The molecule has 41 heavy (non-hydrogen) atoms. The first kappa shape index (κ1) is 26.0. The Morgan fingerprint density at radius 2 is 1.78 bits per heavy atom. The number of Topliss-reactive ketones (excluding diaryl/α,β-unsaturated/α-hetero) is 1. The van der Waals surface area contributed by atoms with Crippen molar-refractivity contribution in [1.82, 2.24) is 15.2 Å². The van der Waals surface area contributed by atoms with E-state index in [2.05, 4.69) is 25.8 Å². The summed E-state index contributed by atoms with van der Waals surface area (Å²) in [5.74, 6) is 0.123. The Labute approximate surface area is 231 Å². The molecule has 0 amide bonds. The van der Waals surface area contributed by atoms with Crippen LogP contribution in [-0.4, -0.2) is 32.8 Å². The van der Waals surface area contributed by atoms with Gasteiger partial charge in [0.05, 0.1) is 29.8 Å². The van der Waals surface area contributed by atoms with Crippen LogP contribution in [0.5, 0.6) is 0 Å². The number of hydrogen-bond acceptors (Lipinski definition) is 9. The Hall–Kier alpha value is -5.26. The van der Waals surface area contributed by atoms with Gasteiger partial charge in [0.25, 0.3) is 5.89 Å². The smallest absolute Gasteiger partial charge is 0.417 e. The quantitative estimate of drug-likeness (QED) is 0.259. The van der Waals surface area contributed by atoms with Crippen LogP contribution in [-0.2, 0) is 23.9 Å². The highest BCUT2D eigenvalue weighted by atomic mass is 19.4. The normalized spacial score (nSPS) is 15.1. The largest absolute Gasteiger partial charge is 0.467 e. The lowest BCUT2D eigenvalue weighted by molar-refractivity contribution is -0.137. The van der Waals surface area contributed by atoms with Gasteiger partial charge in [0.15, 0.2) is 17.6 Å². The fraction of sp³-hybridized carbons (Fsp3) is 0.138. The van der Waals surface area contributed by atoms with Gasteiger partial charge in [-0.15, -0.1) is 5.10 Å². The highest BCUT2D eigenvalue weighted by molar-refractivity contribution is 6.16. The van der Waals surface area contributed by atoms with E-state index in [9.17, 15) is 18.0 Å². The Bertz CT molecular complexity index is 1720. The van der Waals surface area contributed by atoms with Crippen molar-refractivity contribution in [3.05, 3.63) is 113 Å². The summed E-state index contributed by atoms with van der Waals surface area (Å²) in [6.45, 7) is 0.0936. The van der Waals surface area contributed by atoms with E-state index in [-0.39, 0.29) is 42.0 Å². The molecule has 1 aliphatic rings. The highest BCUT2D eigenvalue weighted by Crippen LogP contribution is 2.34. The SMILES string of the molecule is O=C1Cc2ccccc2C(c2ccccc2)=N[C@@H]1Nc1nnc(-c2ncc(C(F)(F)F)cc2NCc2ccco2)o1. The number of nitrogens with one attached hydrogen (secondary N) is 2. The second kappa shape index (κ2) is 10.7. The van der Waals surface area contributed by atoms with Crippen LogP contribution in [0.15, 0.2) is 99.1 Å². The van der Waals surface area contributed by atoms with Crippen molar-refractivity contribution < 1.29 is 26.8 Å². The van der Waals surface area contributed by atoms with E-state index in [4.69, 9.17) is 13.8 Å². The number of carbonyl (C=O) groups excluding carboxylic acids is 1. The minimum absolute atomic E-state index is 0.00169. The van der Waals surface area contributed by atoms with Gasteiger partial charge in [-0.25, -0.2) is 4.98 Å². The number of halogens is 3. The van der Waals surface area contributed by atoms with Crippen LogP contribution in [0.2, 0.25) is 0 Å². The van der Waals surface area contributed by atoms with E-state index in [0.29, 0.717) is 17.7 Å². The van der Waals surface area contributed by atoms with E-state index in [0.717, 1.165) is 22.8 Å². The molecule has 5 aromatic rings. The van der Waals surface area contributed by atoms with Gasteiger partial charge in [-0.05, 0) is 23.8 Å². The summed E-state index contributed by atoms with van der Waals surface area (Å²) < 4.78 is 51.2. The van der Waals surface area contributed by atoms with Gasteiger partial charge >= 0.3 is 12.2 Å². The van der Waals surface area contributed by atoms with Crippen LogP contribution in [0.25, 0.3) is 11.6 Å². The minimum atomic E-state index is -4.61. The van der Waals surface area contributed by atoms with E-state index in [1.54, 1.807) is 12.1 Å². The summed E-state index contributed by atoms with van der Waals surface area (Å²) in [6, 6.07) is 21.1. The van der Waals surface area contributed by atoms with Gasteiger partial charge in [0.2, 0.25) is 0 Å². The average Bonchev–Trinajstić information content (AvgIpc) is 3.64. The van der Waals surface area contributed by atoms with Crippen molar-refractivity contribution in [2.24, 2.45) is 4.99 Å². The Morgan fingerprint density at radius 3 is 2.56 bits per heavy atom. The van der Waals surface area contributed by atoms with Gasteiger partial charge in [-0.3, -0.25) is 9.79 Å². The zero-order chi connectivity index (χ0) is 28.4. The molecule has 9 nitrogen and oxygen atoms in total. The summed E-state index contributed by atoms with van der Waals surface area (Å²) in [4.78, 5) is 21.9. The predicted octanol–water partition coefficient (Wildman–Crippen LogP) is 5.76. The first-order valence-electron chi connectivity index (χ1n) is 12.5. The summed E-state index contributed by atoms with van der Waals surface area (Å²) in [6.07, 6.45) is -3.40. The van der Waals surface area contributed by atoms with Crippen LogP contribution in [0.1, 0.15) is 28.0 Å². The number of ketones is 1. The molecule has 0 saturated heterocycles. The zero-order valence-corrected chi connectivity index (χ0v) is 21.2. The molecule has 1 aliphatic heterocycles. The molecule has 0 fully saturated rings. The molecule has 4 heterocycles. The van der Waals surface area contributed by atoms with Crippen LogP contribution in [0.3, 0.4) is 0 Å². The molecule has 0 aliphatic carbocycles. The Balaban J connectivity index is 1.31. The Kier molecular flexibility index (Phi) is 6.79. The summed E-state index contributed by atoms with van der Waals surface area (Å²) >= 11 is 0. The Morgan fingerprint density at radius 1 is 0.976 bits per heavy atom. The summed E-state index contributed by atoms with van der Waals surface area (Å²) in [7, 11) is 0. The minimum Gasteiger partial charge on any atom is -0.467 e. The molecule has 1 atom stereocenters. The number of benzene rings is 2. The number of hydrogen-bond donors (Lipinski definition) is 2. The number of alkyl halides is 3. The maximum atomic E-state index is 13.4. The molecule has 0 radical (unpaired) electrons. The van der Waals surface area contributed by atoms with Crippen LogP contribution >= 0.6 is 0 Å². The van der Waals surface area contributed by atoms with Crippen LogP contribution < -0.4 is 10.6 Å². The third-order valence-electron chi connectivity index (χ3n) is 6.38. The number of aliphatic imine (C=N–C) groups is 1. The molecule has 2 aromatic carbocycles. The van der Waals surface area contributed by atoms with Gasteiger partial charge < -0.3 is 19.5 Å². The van der Waals surface area contributed by atoms with E-state index in [1.165, 1.54) is 6.26 Å². The van der Waals surface area contributed by atoms with E-state index >= 15 is 0 Å². The molecule has 6 rings (SSSR count). The lowest BCUT2D eigenvalue weighted by Gasteiger charge is -2.13. The van der Waals surface area contributed by atoms with E-state index < -0.39 is 17.9 Å². The number of nitrogens with zero attached hydrogens (tertiary/aromatic N) is 4. The third kappa shape index (κ3) is 5.57. The highest BCUT2D eigenvalue weighted by Gasteiger charge is 2.33. The lowest BCUT2D eigenvalue weighted by atomic mass is 9.96. The molecule has 0 bridgehead atoms. The first-order chi connectivity index (χ1) is 19.8. The maximum absolute atomic E-state index is 13.4. The molecular weight excluding hydrogens is 537 g/mol. The number of pyridine rings is 1. The second-order valence-electron chi connectivity index (χ2n) is 9.15. The van der Waals surface area contributed by atoms with Gasteiger partial charge in [0.1, 0.15) is 5.76 Å². The molecule has 0 unspecified atom stereocenters. The summed E-state index contributed by atoms with van der Waals surface area (Å²) in [5.41, 5.74) is 2.18. The molecule has 2 N–H and O–H groups in total.